The summed E-state index contributed by atoms with van der Waals surface area (Å²) in [5.74, 6) is -5.93. The second kappa shape index (κ2) is 12.8. The van der Waals surface area contributed by atoms with Crippen LogP contribution >= 0.6 is 0 Å². The molecule has 0 N–H and O–H groups in total. The summed E-state index contributed by atoms with van der Waals surface area (Å²) < 4.78 is 120. The van der Waals surface area contributed by atoms with Crippen molar-refractivity contribution in [3.05, 3.63) is 140 Å². The number of rotatable bonds is 0. The Balaban J connectivity index is 0.000000154. The summed E-state index contributed by atoms with van der Waals surface area (Å²) in [4.78, 5) is 0. The molecule has 9 heteroatoms. The maximum atomic E-state index is 13.6. The summed E-state index contributed by atoms with van der Waals surface area (Å²) in [5, 5.41) is 1.13. The smallest absolute Gasteiger partial charge is 0.166 e. The van der Waals surface area contributed by atoms with E-state index in [4.69, 9.17) is 0 Å². The minimum Gasteiger partial charge on any atom is -0.207 e. The number of halogens is 9. The van der Waals surface area contributed by atoms with Crippen LogP contribution in [0.1, 0.15) is 33.4 Å². The van der Waals surface area contributed by atoms with Crippen LogP contribution in [0.25, 0.3) is 32.3 Å². The quantitative estimate of drug-likeness (QED) is 0.147. The van der Waals surface area contributed by atoms with Gasteiger partial charge in [0.05, 0.1) is 0 Å². The third kappa shape index (κ3) is 6.48. The summed E-state index contributed by atoms with van der Waals surface area (Å²) in [7, 11) is 0. The highest BCUT2D eigenvalue weighted by Gasteiger charge is 2.15. The molecule has 0 radical (unpaired) electrons. The molecule has 6 rings (SSSR count). The summed E-state index contributed by atoms with van der Waals surface area (Å²) in [6, 6.07) is 11.7. The largest absolute Gasteiger partial charge is 0.207 e. The molecule has 0 amide bonds. The van der Waals surface area contributed by atoms with Gasteiger partial charge in [-0.25, -0.2) is 39.5 Å². The molecule has 234 valence electrons. The van der Waals surface area contributed by atoms with E-state index in [0.29, 0.717) is 27.5 Å². The van der Waals surface area contributed by atoms with Gasteiger partial charge < -0.3 is 0 Å². The van der Waals surface area contributed by atoms with Crippen molar-refractivity contribution < 1.29 is 39.5 Å². The SMILES string of the molecule is Cc1cc2c(F)c(F)c(C)cc2cc1F.Cc1cc2cc(F)c(C)c(F)c2cc1F.Cc1ccc2c(F)c(C)c(F)cc2c1F. The van der Waals surface area contributed by atoms with Gasteiger partial charge in [0.1, 0.15) is 40.7 Å². The molecule has 0 heterocycles. The molecule has 6 aromatic carbocycles. The van der Waals surface area contributed by atoms with Gasteiger partial charge in [0.2, 0.25) is 0 Å². The Bertz CT molecular complexity index is 1980. The van der Waals surface area contributed by atoms with Crippen molar-refractivity contribution in [1.82, 2.24) is 0 Å². The molecule has 0 unspecified atom stereocenters. The monoisotopic (exact) mass is 630 g/mol. The summed E-state index contributed by atoms with van der Waals surface area (Å²) in [6.45, 7) is 8.76. The predicted molar refractivity (Wildman–Crippen MR) is 160 cm³/mol. The Morgan fingerprint density at radius 3 is 1.38 bits per heavy atom. The molecule has 45 heavy (non-hydrogen) atoms. The first kappa shape index (κ1) is 33.4. The van der Waals surface area contributed by atoms with Gasteiger partial charge >= 0.3 is 0 Å². The molecule has 0 atom stereocenters. The van der Waals surface area contributed by atoms with Crippen LogP contribution in [0.2, 0.25) is 0 Å². The van der Waals surface area contributed by atoms with Crippen LogP contribution < -0.4 is 0 Å². The topological polar surface area (TPSA) is 0 Å². The van der Waals surface area contributed by atoms with Crippen molar-refractivity contribution in [3.8, 4) is 0 Å². The van der Waals surface area contributed by atoms with E-state index in [9.17, 15) is 39.5 Å². The first-order chi connectivity index (χ1) is 21.0. The Kier molecular flexibility index (Phi) is 9.51. The van der Waals surface area contributed by atoms with Gasteiger partial charge in [-0.05, 0) is 117 Å². The van der Waals surface area contributed by atoms with Crippen LogP contribution in [-0.4, -0.2) is 0 Å². The highest BCUT2D eigenvalue weighted by Crippen LogP contribution is 2.28. The zero-order chi connectivity index (χ0) is 33.5. The summed E-state index contributed by atoms with van der Waals surface area (Å²) in [5.41, 5.74) is 1.10. The van der Waals surface area contributed by atoms with Crippen molar-refractivity contribution in [2.75, 3.05) is 0 Å². The van der Waals surface area contributed by atoms with Crippen molar-refractivity contribution in [1.29, 1.82) is 0 Å². The van der Waals surface area contributed by atoms with Gasteiger partial charge in [0.25, 0.3) is 0 Å². The molecule has 6 aromatic rings. The minimum atomic E-state index is -0.909. The standard InChI is InChI=1S/3C12H9F3/c1-6-4-9-8(5-10(6)13)3-7(2)11(14)12(9)15;1-6-3-8-4-11(14)7(2)12(15)9(8)5-10(6)13;1-6-3-4-8-9(11(6)14)5-10(13)7(2)12(8)15/h3*3-5H,1-2H3. The molecule has 0 aliphatic rings. The molecule has 0 nitrogen and oxygen atoms in total. The van der Waals surface area contributed by atoms with Gasteiger partial charge in [-0.15, -0.1) is 0 Å². The lowest BCUT2D eigenvalue weighted by atomic mass is 10.0. The second-order valence-corrected chi connectivity index (χ2v) is 10.9. The Morgan fingerprint density at radius 2 is 0.756 bits per heavy atom. The van der Waals surface area contributed by atoms with Crippen LogP contribution in [0, 0.1) is 93.9 Å². The average Bonchev–Trinajstić information content (AvgIpc) is 2.99. The molecular weight excluding hydrogens is 603 g/mol. The third-order valence-corrected chi connectivity index (χ3v) is 7.58. The van der Waals surface area contributed by atoms with Crippen LogP contribution in [0.5, 0.6) is 0 Å². The third-order valence-electron chi connectivity index (χ3n) is 7.58. The van der Waals surface area contributed by atoms with E-state index in [1.807, 2.05) is 0 Å². The van der Waals surface area contributed by atoms with E-state index >= 15 is 0 Å². The van der Waals surface area contributed by atoms with E-state index < -0.39 is 52.4 Å². The van der Waals surface area contributed by atoms with E-state index in [0.717, 1.165) is 12.1 Å². The van der Waals surface area contributed by atoms with Gasteiger partial charge in [0, 0.05) is 32.7 Å². The maximum absolute atomic E-state index is 13.6. The first-order valence-corrected chi connectivity index (χ1v) is 13.7. The lowest BCUT2D eigenvalue weighted by Crippen LogP contribution is -1.94. The van der Waals surface area contributed by atoms with E-state index in [-0.39, 0.29) is 38.2 Å². The number of aryl methyl sites for hydroxylation is 4. The lowest BCUT2D eigenvalue weighted by Gasteiger charge is -2.06. The Labute approximate surface area is 253 Å². The van der Waals surface area contributed by atoms with Crippen molar-refractivity contribution in [2.45, 2.75) is 41.5 Å². The molecular formula is C36H27F9. The first-order valence-electron chi connectivity index (χ1n) is 13.7. The van der Waals surface area contributed by atoms with Gasteiger partial charge in [0.15, 0.2) is 11.6 Å². The highest BCUT2D eigenvalue weighted by atomic mass is 19.2. The number of hydrogen-bond acceptors (Lipinski definition) is 0. The van der Waals surface area contributed by atoms with E-state index in [1.54, 1.807) is 13.8 Å². The molecule has 0 saturated carbocycles. The van der Waals surface area contributed by atoms with Crippen molar-refractivity contribution in [2.24, 2.45) is 0 Å². The fourth-order valence-corrected chi connectivity index (χ4v) is 4.74. The molecule has 0 aromatic heterocycles. The van der Waals surface area contributed by atoms with Gasteiger partial charge in [-0.2, -0.15) is 0 Å². The summed E-state index contributed by atoms with van der Waals surface area (Å²) >= 11 is 0. The molecule has 0 spiro atoms. The molecule has 0 fully saturated rings. The number of fused-ring (bicyclic) bond motifs is 3. The zero-order valence-corrected chi connectivity index (χ0v) is 25.1. The maximum Gasteiger partial charge on any atom is 0.166 e. The fraction of sp³-hybridized carbons (Fsp3) is 0.167. The van der Waals surface area contributed by atoms with Crippen LogP contribution in [0.15, 0.2) is 54.6 Å². The van der Waals surface area contributed by atoms with Crippen LogP contribution in [0.4, 0.5) is 39.5 Å². The number of hydrogen-bond donors (Lipinski definition) is 0. The van der Waals surface area contributed by atoms with Gasteiger partial charge in [-0.3, -0.25) is 0 Å². The zero-order valence-electron chi connectivity index (χ0n) is 25.1. The molecule has 0 saturated heterocycles. The van der Waals surface area contributed by atoms with Crippen molar-refractivity contribution in [3.63, 3.8) is 0 Å². The average molecular weight is 631 g/mol. The number of benzene rings is 6. The normalized spacial score (nSPS) is 11.0. The molecule has 0 aliphatic carbocycles. The Morgan fingerprint density at radius 1 is 0.311 bits per heavy atom. The van der Waals surface area contributed by atoms with E-state index in [1.165, 1.54) is 70.2 Å². The van der Waals surface area contributed by atoms with Crippen LogP contribution in [0.3, 0.4) is 0 Å². The fourth-order valence-electron chi connectivity index (χ4n) is 4.74. The Hall–Kier alpha value is -4.53. The highest BCUT2D eigenvalue weighted by molar-refractivity contribution is 5.86. The molecule has 0 bridgehead atoms. The lowest BCUT2D eigenvalue weighted by molar-refractivity contribution is 0.511. The van der Waals surface area contributed by atoms with E-state index in [2.05, 4.69) is 0 Å². The van der Waals surface area contributed by atoms with Crippen LogP contribution in [-0.2, 0) is 0 Å². The van der Waals surface area contributed by atoms with Crippen molar-refractivity contribution >= 4 is 32.3 Å². The minimum absolute atomic E-state index is 0.00407. The molecule has 0 aliphatic heterocycles. The predicted octanol–water partition coefficient (Wildman–Crippen LogP) is 11.6. The second-order valence-electron chi connectivity index (χ2n) is 10.9. The summed E-state index contributed by atoms with van der Waals surface area (Å²) in [6.07, 6.45) is 0. The van der Waals surface area contributed by atoms with Gasteiger partial charge in [-0.1, -0.05) is 12.1 Å².